The SMILES string of the molecule is CCOC(=O)c1c(NC(=O)c2cscn2)sc(C(=O)N(CC)CC)c1C. The third-order valence-electron chi connectivity index (χ3n) is 3.76. The normalized spacial score (nSPS) is 10.5. The fraction of sp³-hybridized carbons (Fsp3) is 0.412. The van der Waals surface area contributed by atoms with E-state index in [0.29, 0.717) is 28.5 Å². The Balaban J connectivity index is 2.44. The monoisotopic (exact) mass is 395 g/mol. The van der Waals surface area contributed by atoms with Gasteiger partial charge < -0.3 is 15.0 Å². The first-order valence-electron chi connectivity index (χ1n) is 8.23. The van der Waals surface area contributed by atoms with E-state index in [1.165, 1.54) is 11.3 Å². The van der Waals surface area contributed by atoms with Crippen molar-refractivity contribution in [3.63, 3.8) is 0 Å². The lowest BCUT2D eigenvalue weighted by molar-refractivity contribution is 0.0527. The van der Waals surface area contributed by atoms with E-state index in [2.05, 4.69) is 10.3 Å². The maximum absolute atomic E-state index is 12.7. The Morgan fingerprint density at radius 1 is 1.23 bits per heavy atom. The molecule has 0 saturated carbocycles. The Hall–Kier alpha value is -2.26. The van der Waals surface area contributed by atoms with Crippen LogP contribution in [-0.2, 0) is 4.74 Å². The number of hydrogen-bond acceptors (Lipinski definition) is 7. The minimum Gasteiger partial charge on any atom is -0.462 e. The van der Waals surface area contributed by atoms with Crippen molar-refractivity contribution >= 4 is 45.5 Å². The predicted octanol–water partition coefficient (Wildman–Crippen LogP) is 3.42. The maximum Gasteiger partial charge on any atom is 0.341 e. The van der Waals surface area contributed by atoms with Gasteiger partial charge in [0.1, 0.15) is 10.7 Å². The Labute approximate surface area is 160 Å². The van der Waals surface area contributed by atoms with Crippen LogP contribution in [0.2, 0.25) is 0 Å². The highest BCUT2D eigenvalue weighted by molar-refractivity contribution is 7.18. The minimum absolute atomic E-state index is 0.169. The number of thiophene rings is 1. The van der Waals surface area contributed by atoms with Gasteiger partial charge in [-0.1, -0.05) is 0 Å². The largest absolute Gasteiger partial charge is 0.462 e. The van der Waals surface area contributed by atoms with E-state index in [1.54, 1.807) is 29.6 Å². The number of rotatable bonds is 7. The van der Waals surface area contributed by atoms with Crippen LogP contribution >= 0.6 is 22.7 Å². The summed E-state index contributed by atoms with van der Waals surface area (Å²) in [6, 6.07) is 0. The van der Waals surface area contributed by atoms with Gasteiger partial charge in [0, 0.05) is 18.5 Å². The van der Waals surface area contributed by atoms with E-state index in [0.717, 1.165) is 11.3 Å². The second kappa shape index (κ2) is 8.91. The van der Waals surface area contributed by atoms with Gasteiger partial charge in [-0.15, -0.1) is 22.7 Å². The molecule has 0 aliphatic rings. The third-order valence-corrected chi connectivity index (χ3v) is 5.54. The second-order valence-electron chi connectivity index (χ2n) is 5.29. The molecule has 7 nitrogen and oxygen atoms in total. The molecule has 0 aliphatic carbocycles. The third kappa shape index (κ3) is 4.10. The van der Waals surface area contributed by atoms with Gasteiger partial charge in [0.25, 0.3) is 11.8 Å². The molecule has 26 heavy (non-hydrogen) atoms. The first kappa shape index (κ1) is 20.1. The van der Waals surface area contributed by atoms with Crippen LogP contribution in [0.25, 0.3) is 0 Å². The number of thiazole rings is 1. The summed E-state index contributed by atoms with van der Waals surface area (Å²) < 4.78 is 5.11. The van der Waals surface area contributed by atoms with Crippen LogP contribution in [0.3, 0.4) is 0 Å². The van der Waals surface area contributed by atoms with Gasteiger partial charge in [0.15, 0.2) is 0 Å². The summed E-state index contributed by atoms with van der Waals surface area (Å²) >= 11 is 2.38. The number of nitrogens with one attached hydrogen (secondary N) is 1. The molecule has 0 radical (unpaired) electrons. The van der Waals surface area contributed by atoms with E-state index < -0.39 is 11.9 Å². The smallest absolute Gasteiger partial charge is 0.341 e. The zero-order chi connectivity index (χ0) is 19.3. The van der Waals surface area contributed by atoms with E-state index in [-0.39, 0.29) is 23.8 Å². The van der Waals surface area contributed by atoms with E-state index in [1.807, 2.05) is 13.8 Å². The zero-order valence-corrected chi connectivity index (χ0v) is 16.8. The van der Waals surface area contributed by atoms with Gasteiger partial charge in [-0.05, 0) is 33.3 Å². The van der Waals surface area contributed by atoms with E-state index in [9.17, 15) is 14.4 Å². The Kier molecular flexibility index (Phi) is 6.87. The molecule has 0 atom stereocenters. The van der Waals surface area contributed by atoms with Crippen molar-refractivity contribution < 1.29 is 19.1 Å². The van der Waals surface area contributed by atoms with E-state index >= 15 is 0 Å². The van der Waals surface area contributed by atoms with Crippen molar-refractivity contribution in [3.05, 3.63) is 32.6 Å². The first-order chi connectivity index (χ1) is 12.4. The van der Waals surface area contributed by atoms with Crippen LogP contribution in [0.4, 0.5) is 5.00 Å². The predicted molar refractivity (Wildman–Crippen MR) is 102 cm³/mol. The summed E-state index contributed by atoms with van der Waals surface area (Å²) in [6.07, 6.45) is 0. The number of aromatic nitrogens is 1. The van der Waals surface area contributed by atoms with Gasteiger partial charge in [0.2, 0.25) is 0 Å². The fourth-order valence-corrected chi connectivity index (χ4v) is 4.09. The lowest BCUT2D eigenvalue weighted by Gasteiger charge is -2.18. The number of ether oxygens (including phenoxy) is 1. The van der Waals surface area contributed by atoms with Gasteiger partial charge in [-0.25, -0.2) is 9.78 Å². The number of amides is 2. The molecular formula is C17H21N3O4S2. The molecule has 1 N–H and O–H groups in total. The quantitative estimate of drug-likeness (QED) is 0.726. The topological polar surface area (TPSA) is 88.6 Å². The average Bonchev–Trinajstić information content (AvgIpc) is 3.24. The van der Waals surface area contributed by atoms with Crippen LogP contribution in [0.15, 0.2) is 10.9 Å². The molecule has 0 aromatic carbocycles. The molecule has 140 valence electrons. The molecule has 2 heterocycles. The lowest BCUT2D eigenvalue weighted by atomic mass is 10.1. The van der Waals surface area contributed by atoms with Crippen LogP contribution in [0.1, 0.15) is 56.9 Å². The Morgan fingerprint density at radius 3 is 2.46 bits per heavy atom. The summed E-state index contributed by atoms with van der Waals surface area (Å²) in [5.74, 6) is -1.16. The number of carbonyl (C=O) groups excluding carboxylic acids is 3. The molecule has 0 bridgehead atoms. The minimum atomic E-state index is -0.562. The Morgan fingerprint density at radius 2 is 1.92 bits per heavy atom. The highest BCUT2D eigenvalue weighted by Crippen LogP contribution is 2.35. The number of hydrogen-bond donors (Lipinski definition) is 1. The van der Waals surface area contributed by atoms with Crippen LogP contribution in [-0.4, -0.2) is 47.4 Å². The van der Waals surface area contributed by atoms with Gasteiger partial charge in [0.05, 0.1) is 22.6 Å². The zero-order valence-electron chi connectivity index (χ0n) is 15.1. The molecular weight excluding hydrogens is 374 g/mol. The number of carbonyl (C=O) groups is 3. The molecule has 0 unspecified atom stereocenters. The molecule has 2 rings (SSSR count). The van der Waals surface area contributed by atoms with Crippen molar-refractivity contribution in [1.29, 1.82) is 0 Å². The summed E-state index contributed by atoms with van der Waals surface area (Å²) in [7, 11) is 0. The van der Waals surface area contributed by atoms with Crippen molar-refractivity contribution in [2.75, 3.05) is 25.0 Å². The Bertz CT molecular complexity index is 795. The molecule has 9 heteroatoms. The number of esters is 1. The highest BCUT2D eigenvalue weighted by atomic mass is 32.1. The van der Waals surface area contributed by atoms with Crippen LogP contribution in [0.5, 0.6) is 0 Å². The van der Waals surface area contributed by atoms with Gasteiger partial charge in [-0.2, -0.15) is 0 Å². The molecule has 0 saturated heterocycles. The summed E-state index contributed by atoms with van der Waals surface area (Å²) in [5.41, 5.74) is 2.54. The molecule has 2 aromatic rings. The standard InChI is InChI=1S/C17H21N3O4S2/c1-5-20(6-2)16(22)13-10(4)12(17(23)24-7-3)15(26-13)19-14(21)11-8-25-9-18-11/h8-9H,5-7H2,1-4H3,(H,19,21). The number of anilines is 1. The first-order valence-corrected chi connectivity index (χ1v) is 9.99. The van der Waals surface area contributed by atoms with E-state index in [4.69, 9.17) is 4.74 Å². The maximum atomic E-state index is 12.7. The van der Waals surface area contributed by atoms with Gasteiger partial charge >= 0.3 is 5.97 Å². The lowest BCUT2D eigenvalue weighted by Crippen LogP contribution is -2.30. The highest BCUT2D eigenvalue weighted by Gasteiger charge is 2.28. The van der Waals surface area contributed by atoms with Crippen molar-refractivity contribution in [2.45, 2.75) is 27.7 Å². The second-order valence-corrected chi connectivity index (χ2v) is 7.03. The molecule has 2 amide bonds. The van der Waals surface area contributed by atoms with Crippen LogP contribution in [0, 0.1) is 6.92 Å². The summed E-state index contributed by atoms with van der Waals surface area (Å²) in [5, 5.41) is 4.61. The molecule has 0 spiro atoms. The van der Waals surface area contributed by atoms with Crippen molar-refractivity contribution in [2.24, 2.45) is 0 Å². The number of nitrogens with zero attached hydrogens (tertiary/aromatic N) is 2. The van der Waals surface area contributed by atoms with Gasteiger partial charge in [-0.3, -0.25) is 9.59 Å². The average molecular weight is 396 g/mol. The van der Waals surface area contributed by atoms with Crippen molar-refractivity contribution in [3.8, 4) is 0 Å². The molecule has 2 aromatic heterocycles. The van der Waals surface area contributed by atoms with Crippen molar-refractivity contribution in [1.82, 2.24) is 9.88 Å². The molecule has 0 aliphatic heterocycles. The summed E-state index contributed by atoms with van der Waals surface area (Å²) in [6.45, 7) is 8.49. The molecule has 0 fully saturated rings. The van der Waals surface area contributed by atoms with Crippen LogP contribution < -0.4 is 5.32 Å². The summed E-state index contributed by atoms with van der Waals surface area (Å²) in [4.78, 5) is 43.5. The fourth-order valence-electron chi connectivity index (χ4n) is 2.40.